The van der Waals surface area contributed by atoms with Crippen LogP contribution in [-0.2, 0) is 4.74 Å². The zero-order valence-electron chi connectivity index (χ0n) is 10.2. The summed E-state index contributed by atoms with van der Waals surface area (Å²) in [7, 11) is 0. The van der Waals surface area contributed by atoms with Crippen LogP contribution < -0.4 is 5.32 Å². The zero-order valence-corrected chi connectivity index (χ0v) is 11.0. The minimum Gasteiger partial charge on any atom is -0.394 e. The van der Waals surface area contributed by atoms with Crippen LogP contribution in [0.25, 0.3) is 5.78 Å². The summed E-state index contributed by atoms with van der Waals surface area (Å²) in [6, 6.07) is 1.68. The number of nitrogens with one attached hydrogen (secondary N) is 1. The first kappa shape index (κ1) is 12.6. The second-order valence-electron chi connectivity index (χ2n) is 4.61. The molecule has 3 heterocycles. The number of hydrogen-bond donors (Lipinski definition) is 2. The molecule has 8 heteroatoms. The first-order chi connectivity index (χ1) is 9.22. The van der Waals surface area contributed by atoms with Gasteiger partial charge in [0.05, 0.1) is 12.1 Å². The fraction of sp³-hybridized carbons (Fsp3) is 0.545. The monoisotopic (exact) mass is 283 g/mol. The Morgan fingerprint density at radius 1 is 1.47 bits per heavy atom. The van der Waals surface area contributed by atoms with Crippen molar-refractivity contribution in [3.63, 3.8) is 0 Å². The third kappa shape index (κ3) is 2.36. The SMILES string of the molecule is OCC1(Nc2cc(Cl)nc3ncnn23)CCOCC1. The summed E-state index contributed by atoms with van der Waals surface area (Å²) in [4.78, 5) is 8.08. The number of anilines is 1. The van der Waals surface area contributed by atoms with E-state index in [0.29, 0.717) is 30.0 Å². The van der Waals surface area contributed by atoms with Crippen LogP contribution in [0.2, 0.25) is 5.15 Å². The molecule has 1 saturated heterocycles. The Bertz CT molecular complexity index is 581. The number of ether oxygens (including phenoxy) is 1. The van der Waals surface area contributed by atoms with Gasteiger partial charge in [-0.3, -0.25) is 0 Å². The van der Waals surface area contributed by atoms with E-state index in [1.165, 1.54) is 6.33 Å². The maximum absolute atomic E-state index is 9.68. The molecule has 2 N–H and O–H groups in total. The highest BCUT2D eigenvalue weighted by molar-refractivity contribution is 6.29. The number of halogens is 1. The quantitative estimate of drug-likeness (QED) is 0.808. The third-order valence-electron chi connectivity index (χ3n) is 3.37. The lowest BCUT2D eigenvalue weighted by Gasteiger charge is -2.37. The van der Waals surface area contributed by atoms with Crippen LogP contribution in [0.5, 0.6) is 0 Å². The average Bonchev–Trinajstić information content (AvgIpc) is 2.88. The molecule has 1 aliphatic heterocycles. The van der Waals surface area contributed by atoms with E-state index >= 15 is 0 Å². The van der Waals surface area contributed by atoms with Crippen LogP contribution in [0.15, 0.2) is 12.4 Å². The molecule has 0 saturated carbocycles. The van der Waals surface area contributed by atoms with Gasteiger partial charge < -0.3 is 15.2 Å². The predicted octanol–water partition coefficient (Wildman–Crippen LogP) is 0.731. The minimum atomic E-state index is -0.415. The summed E-state index contributed by atoms with van der Waals surface area (Å²) in [6.07, 6.45) is 2.86. The van der Waals surface area contributed by atoms with Gasteiger partial charge in [0.15, 0.2) is 0 Å². The highest BCUT2D eigenvalue weighted by Crippen LogP contribution is 2.26. The van der Waals surface area contributed by atoms with Crippen molar-refractivity contribution in [2.75, 3.05) is 25.1 Å². The molecule has 3 rings (SSSR count). The summed E-state index contributed by atoms with van der Waals surface area (Å²) in [5.74, 6) is 1.10. The molecule has 0 bridgehead atoms. The van der Waals surface area contributed by atoms with Gasteiger partial charge in [-0.2, -0.15) is 19.6 Å². The number of aliphatic hydroxyl groups excluding tert-OH is 1. The van der Waals surface area contributed by atoms with E-state index in [1.807, 2.05) is 0 Å². The average molecular weight is 284 g/mol. The molecule has 7 nitrogen and oxygen atoms in total. The van der Waals surface area contributed by atoms with E-state index in [1.54, 1.807) is 10.6 Å². The van der Waals surface area contributed by atoms with E-state index in [-0.39, 0.29) is 6.61 Å². The van der Waals surface area contributed by atoms with Crippen LogP contribution in [0.1, 0.15) is 12.8 Å². The Labute approximate surface area is 114 Å². The van der Waals surface area contributed by atoms with Gasteiger partial charge in [0, 0.05) is 19.3 Å². The molecule has 0 atom stereocenters. The predicted molar refractivity (Wildman–Crippen MR) is 69.3 cm³/mol. The molecule has 102 valence electrons. The van der Waals surface area contributed by atoms with Crippen molar-refractivity contribution < 1.29 is 9.84 Å². The van der Waals surface area contributed by atoms with E-state index in [4.69, 9.17) is 16.3 Å². The third-order valence-corrected chi connectivity index (χ3v) is 3.56. The molecule has 1 fully saturated rings. The molecule has 0 unspecified atom stereocenters. The largest absolute Gasteiger partial charge is 0.394 e. The second kappa shape index (κ2) is 4.92. The van der Waals surface area contributed by atoms with Gasteiger partial charge in [0.2, 0.25) is 0 Å². The van der Waals surface area contributed by atoms with Crippen LogP contribution in [0.4, 0.5) is 5.82 Å². The fourth-order valence-corrected chi connectivity index (χ4v) is 2.41. The Balaban J connectivity index is 1.97. The van der Waals surface area contributed by atoms with Gasteiger partial charge >= 0.3 is 0 Å². The number of rotatable bonds is 3. The van der Waals surface area contributed by atoms with Crippen molar-refractivity contribution in [1.29, 1.82) is 0 Å². The lowest BCUT2D eigenvalue weighted by atomic mass is 9.91. The Morgan fingerprint density at radius 2 is 2.26 bits per heavy atom. The minimum absolute atomic E-state index is 0.0203. The van der Waals surface area contributed by atoms with Crippen LogP contribution in [-0.4, -0.2) is 50.0 Å². The maximum atomic E-state index is 9.68. The van der Waals surface area contributed by atoms with Crippen molar-refractivity contribution in [3.05, 3.63) is 17.5 Å². The number of aliphatic hydroxyl groups is 1. The lowest BCUT2D eigenvalue weighted by molar-refractivity contribution is 0.0378. The lowest BCUT2D eigenvalue weighted by Crippen LogP contribution is -2.47. The number of fused-ring (bicyclic) bond motifs is 1. The van der Waals surface area contributed by atoms with E-state index in [9.17, 15) is 5.11 Å². The molecule has 1 aliphatic rings. The standard InChI is InChI=1S/C11H14ClN5O2/c12-8-5-9(17-10(15-8)13-7-14-17)16-11(6-18)1-3-19-4-2-11/h5,7,16,18H,1-4,6H2. The first-order valence-corrected chi connectivity index (χ1v) is 6.43. The highest BCUT2D eigenvalue weighted by Gasteiger charge is 2.32. The van der Waals surface area contributed by atoms with Crippen LogP contribution >= 0.6 is 11.6 Å². The molecule has 0 aromatic carbocycles. The van der Waals surface area contributed by atoms with Crippen molar-refractivity contribution in [2.45, 2.75) is 18.4 Å². The van der Waals surface area contributed by atoms with Crippen molar-refractivity contribution in [1.82, 2.24) is 19.6 Å². The Morgan fingerprint density at radius 3 is 3.00 bits per heavy atom. The highest BCUT2D eigenvalue weighted by atomic mass is 35.5. The molecular formula is C11H14ClN5O2. The van der Waals surface area contributed by atoms with Crippen LogP contribution in [0.3, 0.4) is 0 Å². The summed E-state index contributed by atoms with van der Waals surface area (Å²) in [5, 5.41) is 17.4. The number of hydrogen-bond acceptors (Lipinski definition) is 6. The number of nitrogens with zero attached hydrogens (tertiary/aromatic N) is 4. The first-order valence-electron chi connectivity index (χ1n) is 6.06. The van der Waals surface area contributed by atoms with E-state index < -0.39 is 5.54 Å². The van der Waals surface area contributed by atoms with Gasteiger partial charge in [0.25, 0.3) is 5.78 Å². The molecule has 2 aromatic rings. The molecule has 0 spiro atoms. The van der Waals surface area contributed by atoms with Crippen molar-refractivity contribution >= 4 is 23.2 Å². The summed E-state index contributed by atoms with van der Waals surface area (Å²) >= 11 is 5.97. The molecular weight excluding hydrogens is 270 g/mol. The molecule has 0 radical (unpaired) electrons. The Hall–Kier alpha value is -1.44. The summed E-state index contributed by atoms with van der Waals surface area (Å²) < 4.78 is 6.90. The normalized spacial score (nSPS) is 18.6. The number of aromatic nitrogens is 4. The van der Waals surface area contributed by atoms with Crippen molar-refractivity contribution in [2.24, 2.45) is 0 Å². The second-order valence-corrected chi connectivity index (χ2v) is 5.00. The zero-order chi connectivity index (χ0) is 13.3. The van der Waals surface area contributed by atoms with Gasteiger partial charge in [-0.1, -0.05) is 11.6 Å². The van der Waals surface area contributed by atoms with Crippen molar-refractivity contribution in [3.8, 4) is 0 Å². The smallest absolute Gasteiger partial charge is 0.255 e. The van der Waals surface area contributed by atoms with Gasteiger partial charge in [-0.15, -0.1) is 0 Å². The summed E-state index contributed by atoms with van der Waals surface area (Å²) in [6.45, 7) is 1.26. The van der Waals surface area contributed by atoms with Gasteiger partial charge in [-0.05, 0) is 12.8 Å². The van der Waals surface area contributed by atoms with Gasteiger partial charge in [0.1, 0.15) is 17.3 Å². The fourth-order valence-electron chi connectivity index (χ4n) is 2.23. The Kier molecular flexibility index (Phi) is 3.26. The van der Waals surface area contributed by atoms with E-state index in [2.05, 4.69) is 20.4 Å². The topological polar surface area (TPSA) is 84.6 Å². The molecule has 19 heavy (non-hydrogen) atoms. The molecule has 0 aliphatic carbocycles. The van der Waals surface area contributed by atoms with Crippen LogP contribution in [0, 0.1) is 0 Å². The van der Waals surface area contributed by atoms with E-state index in [0.717, 1.165) is 12.8 Å². The molecule has 0 amide bonds. The maximum Gasteiger partial charge on any atom is 0.255 e. The molecule has 2 aromatic heterocycles. The van der Waals surface area contributed by atoms with Gasteiger partial charge in [-0.25, -0.2) is 0 Å². The summed E-state index contributed by atoms with van der Waals surface area (Å²) in [5.41, 5.74) is -0.415.